The number of thiophene rings is 1. The molecule has 2 N–H and O–H groups in total. The first-order chi connectivity index (χ1) is 12.9. The van der Waals surface area contributed by atoms with Gasteiger partial charge in [-0.25, -0.2) is 9.78 Å². The van der Waals surface area contributed by atoms with Crippen molar-refractivity contribution in [3.05, 3.63) is 41.3 Å². The SMILES string of the molecule is CCC(C)(C)NC(=O)COC(=O)c1cc2sc(Nc3ccccc3)nc2s1. The minimum absolute atomic E-state index is 0.290. The van der Waals surface area contributed by atoms with Gasteiger partial charge in [-0.05, 0) is 38.5 Å². The van der Waals surface area contributed by atoms with E-state index in [0.29, 0.717) is 4.88 Å². The van der Waals surface area contributed by atoms with Crippen LogP contribution in [0, 0.1) is 0 Å². The summed E-state index contributed by atoms with van der Waals surface area (Å²) < 4.78 is 6.03. The van der Waals surface area contributed by atoms with Gasteiger partial charge >= 0.3 is 5.97 Å². The van der Waals surface area contributed by atoms with Crippen molar-refractivity contribution in [3.63, 3.8) is 0 Å². The summed E-state index contributed by atoms with van der Waals surface area (Å²) in [6, 6.07) is 11.5. The molecule has 27 heavy (non-hydrogen) atoms. The average Bonchev–Trinajstić information content (AvgIpc) is 3.19. The number of anilines is 2. The summed E-state index contributed by atoms with van der Waals surface area (Å²) in [5.41, 5.74) is 0.640. The minimum Gasteiger partial charge on any atom is -0.451 e. The van der Waals surface area contributed by atoms with E-state index in [1.807, 2.05) is 51.1 Å². The largest absolute Gasteiger partial charge is 0.451 e. The third-order valence-electron chi connectivity index (χ3n) is 4.01. The minimum atomic E-state index is -0.507. The van der Waals surface area contributed by atoms with Gasteiger partial charge in [0.25, 0.3) is 5.91 Å². The van der Waals surface area contributed by atoms with Gasteiger partial charge in [-0.15, -0.1) is 11.3 Å². The van der Waals surface area contributed by atoms with Crippen molar-refractivity contribution in [1.82, 2.24) is 10.3 Å². The lowest BCUT2D eigenvalue weighted by Gasteiger charge is -2.24. The number of hydrogen-bond acceptors (Lipinski definition) is 7. The van der Waals surface area contributed by atoms with E-state index < -0.39 is 5.97 Å². The van der Waals surface area contributed by atoms with Crippen molar-refractivity contribution in [1.29, 1.82) is 0 Å². The van der Waals surface area contributed by atoms with Crippen molar-refractivity contribution >= 4 is 54.9 Å². The molecule has 1 amide bonds. The lowest BCUT2D eigenvalue weighted by atomic mass is 10.0. The smallest absolute Gasteiger partial charge is 0.348 e. The number of carbonyl (C=O) groups is 2. The molecular weight excluding hydrogens is 382 g/mol. The number of nitrogens with one attached hydrogen (secondary N) is 2. The Morgan fingerprint density at radius 3 is 2.59 bits per heavy atom. The van der Waals surface area contributed by atoms with Crippen LogP contribution in [0.4, 0.5) is 10.8 Å². The summed E-state index contributed by atoms with van der Waals surface area (Å²) >= 11 is 2.73. The number of aromatic nitrogens is 1. The first-order valence-electron chi connectivity index (χ1n) is 8.57. The highest BCUT2D eigenvalue weighted by Crippen LogP contribution is 2.34. The van der Waals surface area contributed by atoms with Crippen molar-refractivity contribution in [3.8, 4) is 0 Å². The van der Waals surface area contributed by atoms with Gasteiger partial charge in [0.15, 0.2) is 11.7 Å². The highest BCUT2D eigenvalue weighted by molar-refractivity contribution is 7.29. The van der Waals surface area contributed by atoms with Crippen molar-refractivity contribution < 1.29 is 14.3 Å². The summed E-state index contributed by atoms with van der Waals surface area (Å²) in [5, 5.41) is 6.84. The molecule has 3 aromatic rings. The Balaban J connectivity index is 1.59. The fraction of sp³-hybridized carbons (Fsp3) is 0.316. The predicted molar refractivity (Wildman–Crippen MR) is 110 cm³/mol. The number of rotatable bonds is 7. The van der Waals surface area contributed by atoms with Crippen molar-refractivity contribution in [2.75, 3.05) is 11.9 Å². The van der Waals surface area contributed by atoms with Gasteiger partial charge in [-0.1, -0.05) is 36.5 Å². The van der Waals surface area contributed by atoms with Gasteiger partial charge < -0.3 is 15.4 Å². The Kier molecular flexibility index (Phi) is 5.76. The van der Waals surface area contributed by atoms with Gasteiger partial charge in [-0.2, -0.15) is 0 Å². The maximum atomic E-state index is 12.2. The second kappa shape index (κ2) is 8.06. The van der Waals surface area contributed by atoms with Crippen LogP contribution >= 0.6 is 22.7 Å². The number of ether oxygens (including phenoxy) is 1. The van der Waals surface area contributed by atoms with E-state index in [4.69, 9.17) is 4.74 Å². The van der Waals surface area contributed by atoms with E-state index in [1.54, 1.807) is 6.07 Å². The molecule has 1 aromatic carbocycles. The van der Waals surface area contributed by atoms with Crippen LogP contribution in [-0.2, 0) is 9.53 Å². The molecule has 142 valence electrons. The normalized spacial score (nSPS) is 11.4. The number of amides is 1. The van der Waals surface area contributed by atoms with Crippen LogP contribution < -0.4 is 10.6 Å². The van der Waals surface area contributed by atoms with Crippen LogP contribution in [0.1, 0.15) is 36.9 Å². The zero-order chi connectivity index (χ0) is 19.4. The van der Waals surface area contributed by atoms with Gasteiger partial charge in [0, 0.05) is 11.2 Å². The zero-order valence-corrected chi connectivity index (χ0v) is 17.0. The Labute approximate surface area is 165 Å². The van der Waals surface area contributed by atoms with Crippen LogP contribution in [-0.4, -0.2) is 29.0 Å². The molecule has 0 radical (unpaired) electrons. The second-order valence-corrected chi connectivity index (χ2v) is 8.71. The summed E-state index contributed by atoms with van der Waals surface area (Å²) in [7, 11) is 0. The quantitative estimate of drug-likeness (QED) is 0.565. The molecule has 0 aliphatic rings. The number of thiazole rings is 1. The summed E-state index contributed by atoms with van der Waals surface area (Å²) in [6.07, 6.45) is 0.791. The monoisotopic (exact) mass is 403 g/mol. The number of nitrogens with zero attached hydrogens (tertiary/aromatic N) is 1. The fourth-order valence-corrected chi connectivity index (χ4v) is 4.27. The van der Waals surface area contributed by atoms with E-state index in [9.17, 15) is 9.59 Å². The van der Waals surface area contributed by atoms with Crippen molar-refractivity contribution in [2.45, 2.75) is 32.7 Å². The van der Waals surface area contributed by atoms with Crippen LogP contribution in [0.5, 0.6) is 0 Å². The first kappa shape index (κ1) is 19.3. The second-order valence-electron chi connectivity index (χ2n) is 6.65. The number of hydrogen-bond donors (Lipinski definition) is 2. The molecule has 0 saturated heterocycles. The van der Waals surface area contributed by atoms with Gasteiger partial charge in [0.2, 0.25) is 0 Å². The lowest BCUT2D eigenvalue weighted by molar-refractivity contribution is -0.125. The molecule has 0 bridgehead atoms. The maximum absolute atomic E-state index is 12.2. The average molecular weight is 404 g/mol. The molecule has 0 aliphatic carbocycles. The number of benzene rings is 1. The Hall–Kier alpha value is -2.45. The molecule has 2 aromatic heterocycles. The number of esters is 1. The molecule has 0 spiro atoms. The molecule has 2 heterocycles. The number of fused-ring (bicyclic) bond motifs is 1. The van der Waals surface area contributed by atoms with Gasteiger partial charge in [0.05, 0.1) is 4.70 Å². The van der Waals surface area contributed by atoms with Gasteiger partial charge in [-0.3, -0.25) is 4.79 Å². The Morgan fingerprint density at radius 1 is 1.19 bits per heavy atom. The van der Waals surface area contributed by atoms with E-state index in [2.05, 4.69) is 15.6 Å². The van der Waals surface area contributed by atoms with E-state index in [-0.39, 0.29) is 18.1 Å². The molecule has 8 heteroatoms. The van der Waals surface area contributed by atoms with E-state index >= 15 is 0 Å². The molecular formula is C19H21N3O3S2. The summed E-state index contributed by atoms with van der Waals surface area (Å²) in [5.74, 6) is -0.812. The third-order valence-corrected chi connectivity index (χ3v) is 6.07. The highest BCUT2D eigenvalue weighted by Gasteiger charge is 2.20. The molecule has 0 saturated carbocycles. The number of para-hydroxylation sites is 1. The molecule has 3 rings (SSSR count). The predicted octanol–water partition coefficient (Wildman–Crippen LogP) is 4.56. The molecule has 0 unspecified atom stereocenters. The highest BCUT2D eigenvalue weighted by atomic mass is 32.1. The summed E-state index contributed by atoms with van der Waals surface area (Å²) in [6.45, 7) is 5.54. The Bertz CT molecular complexity index is 916. The molecule has 6 nitrogen and oxygen atoms in total. The van der Waals surface area contributed by atoms with Crippen LogP contribution in [0.25, 0.3) is 9.53 Å². The summed E-state index contributed by atoms with van der Waals surface area (Å²) in [4.78, 5) is 29.8. The zero-order valence-electron chi connectivity index (χ0n) is 15.4. The van der Waals surface area contributed by atoms with Gasteiger partial charge in [0.1, 0.15) is 9.71 Å². The van der Waals surface area contributed by atoms with E-state index in [1.165, 1.54) is 22.7 Å². The fourth-order valence-electron chi connectivity index (χ4n) is 2.24. The Morgan fingerprint density at radius 2 is 1.93 bits per heavy atom. The maximum Gasteiger partial charge on any atom is 0.348 e. The molecule has 0 atom stereocenters. The number of carbonyl (C=O) groups excluding carboxylic acids is 2. The third kappa shape index (κ3) is 5.05. The topological polar surface area (TPSA) is 80.3 Å². The molecule has 0 aliphatic heterocycles. The van der Waals surface area contributed by atoms with Crippen LogP contribution in [0.3, 0.4) is 0 Å². The van der Waals surface area contributed by atoms with Crippen LogP contribution in [0.15, 0.2) is 36.4 Å². The molecule has 0 fully saturated rings. The standard InChI is InChI=1S/C19H21N3O3S2/c1-4-19(2,3)22-15(23)11-25-17(24)14-10-13-16(26-14)21-18(27-13)20-12-8-6-5-7-9-12/h5-10H,4,11H2,1-3H3,(H,20,21)(H,22,23). The van der Waals surface area contributed by atoms with Crippen LogP contribution in [0.2, 0.25) is 0 Å². The van der Waals surface area contributed by atoms with E-state index in [0.717, 1.165) is 26.8 Å². The first-order valence-corrected chi connectivity index (χ1v) is 10.2. The lowest BCUT2D eigenvalue weighted by Crippen LogP contribution is -2.44. The van der Waals surface area contributed by atoms with Crippen molar-refractivity contribution in [2.24, 2.45) is 0 Å².